The Morgan fingerprint density at radius 1 is 1.42 bits per heavy atom. The molecule has 0 bridgehead atoms. The molecule has 2 heterocycles. The monoisotopic (exact) mass is 280 g/mol. The number of pyridine rings is 1. The Morgan fingerprint density at radius 2 is 2.21 bits per heavy atom. The lowest BCUT2D eigenvalue weighted by molar-refractivity contribution is 0.588. The number of aromatic amines is 1. The molecular weight excluding hydrogens is 264 g/mol. The fourth-order valence-corrected chi connectivity index (χ4v) is 2.35. The Hall–Kier alpha value is -1.73. The van der Waals surface area contributed by atoms with Crippen LogP contribution >= 0.6 is 0 Å². The zero-order valence-corrected chi connectivity index (χ0v) is 11.4. The standard InChI is InChI=1S/C12H16N4O2S/c1-19(17,18)6-4-10(13)12-15-8-11(16-12)9-3-2-5-14-7-9/h2-3,5,7-8,10H,4,6,13H2,1H3,(H,15,16). The lowest BCUT2D eigenvalue weighted by Crippen LogP contribution is -2.16. The Kier molecular flexibility index (Phi) is 3.96. The van der Waals surface area contributed by atoms with Crippen LogP contribution in [0.3, 0.4) is 0 Å². The molecule has 0 amide bonds. The third kappa shape index (κ3) is 3.87. The molecule has 3 N–H and O–H groups in total. The summed E-state index contributed by atoms with van der Waals surface area (Å²) in [5, 5.41) is 0. The van der Waals surface area contributed by atoms with Crippen LogP contribution in [0.15, 0.2) is 30.7 Å². The van der Waals surface area contributed by atoms with Gasteiger partial charge < -0.3 is 10.7 Å². The molecule has 19 heavy (non-hydrogen) atoms. The lowest BCUT2D eigenvalue weighted by atomic mass is 10.2. The first-order chi connectivity index (χ1) is 8.96. The smallest absolute Gasteiger partial charge is 0.147 e. The average Bonchev–Trinajstić information content (AvgIpc) is 2.86. The number of nitrogens with two attached hydrogens (primary N) is 1. The molecule has 1 unspecified atom stereocenters. The van der Waals surface area contributed by atoms with E-state index in [1.165, 1.54) is 6.26 Å². The quantitative estimate of drug-likeness (QED) is 0.847. The van der Waals surface area contributed by atoms with Crippen molar-refractivity contribution in [2.45, 2.75) is 12.5 Å². The molecule has 2 aromatic rings. The SMILES string of the molecule is CS(=O)(=O)CCC(N)c1ncc(-c2cccnc2)[nH]1. The molecule has 0 aliphatic heterocycles. The third-order valence-electron chi connectivity index (χ3n) is 2.72. The van der Waals surface area contributed by atoms with E-state index in [-0.39, 0.29) is 5.75 Å². The Morgan fingerprint density at radius 3 is 2.84 bits per heavy atom. The Balaban J connectivity index is 2.09. The summed E-state index contributed by atoms with van der Waals surface area (Å²) >= 11 is 0. The number of nitrogens with one attached hydrogen (secondary N) is 1. The number of nitrogens with zero attached hydrogens (tertiary/aromatic N) is 2. The summed E-state index contributed by atoms with van der Waals surface area (Å²) in [4.78, 5) is 11.3. The van der Waals surface area contributed by atoms with Crippen molar-refractivity contribution >= 4 is 9.84 Å². The summed E-state index contributed by atoms with van der Waals surface area (Å²) in [7, 11) is -3.00. The van der Waals surface area contributed by atoms with E-state index >= 15 is 0 Å². The van der Waals surface area contributed by atoms with Crippen molar-refractivity contribution in [1.29, 1.82) is 0 Å². The average molecular weight is 280 g/mol. The number of imidazole rings is 1. The van der Waals surface area contributed by atoms with Crippen LogP contribution in [0.25, 0.3) is 11.3 Å². The number of H-pyrrole nitrogens is 1. The molecule has 0 aliphatic carbocycles. The van der Waals surface area contributed by atoms with Crippen LogP contribution in [0.2, 0.25) is 0 Å². The molecule has 7 heteroatoms. The van der Waals surface area contributed by atoms with Gasteiger partial charge in [0.1, 0.15) is 15.7 Å². The van der Waals surface area contributed by atoms with Crippen molar-refractivity contribution in [2.75, 3.05) is 12.0 Å². The number of hydrogen-bond acceptors (Lipinski definition) is 5. The van der Waals surface area contributed by atoms with Gasteiger partial charge in [0.05, 0.1) is 23.7 Å². The first kappa shape index (κ1) is 13.7. The summed E-state index contributed by atoms with van der Waals surface area (Å²) in [6.07, 6.45) is 6.63. The maximum absolute atomic E-state index is 11.1. The van der Waals surface area contributed by atoms with E-state index < -0.39 is 15.9 Å². The van der Waals surface area contributed by atoms with Crippen LogP contribution in [0.5, 0.6) is 0 Å². The minimum atomic E-state index is -3.00. The first-order valence-electron chi connectivity index (χ1n) is 5.84. The number of aromatic nitrogens is 3. The van der Waals surface area contributed by atoms with Gasteiger partial charge in [0.15, 0.2) is 0 Å². The molecule has 2 rings (SSSR count). The van der Waals surface area contributed by atoms with Crippen molar-refractivity contribution in [3.63, 3.8) is 0 Å². The zero-order valence-electron chi connectivity index (χ0n) is 10.6. The van der Waals surface area contributed by atoms with Gasteiger partial charge >= 0.3 is 0 Å². The van der Waals surface area contributed by atoms with Gasteiger partial charge in [0, 0.05) is 24.2 Å². The van der Waals surface area contributed by atoms with E-state index in [1.54, 1.807) is 18.6 Å². The normalized spacial score (nSPS) is 13.4. The number of sulfone groups is 1. The zero-order chi connectivity index (χ0) is 13.9. The Bertz CT molecular complexity index is 637. The maximum Gasteiger partial charge on any atom is 0.147 e. The molecule has 0 radical (unpaired) electrons. The largest absolute Gasteiger partial charge is 0.341 e. The number of rotatable bonds is 5. The topological polar surface area (TPSA) is 102 Å². The second kappa shape index (κ2) is 5.50. The molecule has 0 fully saturated rings. The molecule has 0 aliphatic rings. The van der Waals surface area contributed by atoms with Crippen LogP contribution in [-0.4, -0.2) is 35.4 Å². The van der Waals surface area contributed by atoms with Crippen LogP contribution in [0.1, 0.15) is 18.3 Å². The van der Waals surface area contributed by atoms with Gasteiger partial charge in [-0.25, -0.2) is 13.4 Å². The van der Waals surface area contributed by atoms with E-state index in [0.29, 0.717) is 12.2 Å². The molecular formula is C12H16N4O2S. The molecule has 2 aromatic heterocycles. The van der Waals surface area contributed by atoms with Crippen LogP contribution in [0.4, 0.5) is 0 Å². The minimum absolute atomic E-state index is 0.0527. The highest BCUT2D eigenvalue weighted by Gasteiger charge is 2.13. The molecule has 1 atom stereocenters. The summed E-state index contributed by atoms with van der Waals surface area (Å²) in [5.41, 5.74) is 7.65. The van der Waals surface area contributed by atoms with Crippen LogP contribution in [-0.2, 0) is 9.84 Å². The predicted molar refractivity (Wildman–Crippen MR) is 73.1 cm³/mol. The highest BCUT2D eigenvalue weighted by atomic mass is 32.2. The highest BCUT2D eigenvalue weighted by Crippen LogP contribution is 2.18. The van der Waals surface area contributed by atoms with E-state index in [0.717, 1.165) is 11.3 Å². The third-order valence-corrected chi connectivity index (χ3v) is 3.70. The summed E-state index contributed by atoms with van der Waals surface area (Å²) in [6, 6.07) is 3.33. The highest BCUT2D eigenvalue weighted by molar-refractivity contribution is 7.90. The van der Waals surface area contributed by atoms with Crippen molar-refractivity contribution < 1.29 is 8.42 Å². The number of hydrogen-bond donors (Lipinski definition) is 2. The molecule has 0 spiro atoms. The van der Waals surface area contributed by atoms with Gasteiger partial charge in [-0.15, -0.1) is 0 Å². The van der Waals surface area contributed by atoms with Gasteiger partial charge in [-0.05, 0) is 18.6 Å². The van der Waals surface area contributed by atoms with Gasteiger partial charge in [0.2, 0.25) is 0 Å². The van der Waals surface area contributed by atoms with Gasteiger partial charge in [-0.2, -0.15) is 0 Å². The Labute approximate surface area is 112 Å². The van der Waals surface area contributed by atoms with E-state index in [1.807, 2.05) is 12.1 Å². The van der Waals surface area contributed by atoms with Gasteiger partial charge in [0.25, 0.3) is 0 Å². The second-order valence-corrected chi connectivity index (χ2v) is 6.71. The second-order valence-electron chi connectivity index (χ2n) is 4.45. The van der Waals surface area contributed by atoms with Gasteiger partial charge in [-0.3, -0.25) is 4.98 Å². The van der Waals surface area contributed by atoms with E-state index in [2.05, 4.69) is 15.0 Å². The molecule has 6 nitrogen and oxygen atoms in total. The van der Waals surface area contributed by atoms with Crippen molar-refractivity contribution in [3.05, 3.63) is 36.5 Å². The minimum Gasteiger partial charge on any atom is -0.341 e. The molecule has 0 saturated carbocycles. The van der Waals surface area contributed by atoms with Crippen LogP contribution in [0, 0.1) is 0 Å². The molecule has 0 aromatic carbocycles. The van der Waals surface area contributed by atoms with E-state index in [4.69, 9.17) is 5.73 Å². The van der Waals surface area contributed by atoms with Crippen molar-refractivity contribution in [2.24, 2.45) is 5.73 Å². The summed E-state index contributed by atoms with van der Waals surface area (Å²) < 4.78 is 22.2. The molecule has 0 saturated heterocycles. The lowest BCUT2D eigenvalue weighted by Gasteiger charge is -2.07. The maximum atomic E-state index is 11.1. The summed E-state index contributed by atoms with van der Waals surface area (Å²) in [5.74, 6) is 0.638. The van der Waals surface area contributed by atoms with Gasteiger partial charge in [-0.1, -0.05) is 0 Å². The summed E-state index contributed by atoms with van der Waals surface area (Å²) in [6.45, 7) is 0. The van der Waals surface area contributed by atoms with Crippen molar-refractivity contribution in [3.8, 4) is 11.3 Å². The van der Waals surface area contributed by atoms with Crippen molar-refractivity contribution in [1.82, 2.24) is 15.0 Å². The van der Waals surface area contributed by atoms with Crippen LogP contribution < -0.4 is 5.73 Å². The predicted octanol–water partition coefficient (Wildman–Crippen LogP) is 0.906. The molecule has 102 valence electrons. The van der Waals surface area contributed by atoms with E-state index in [9.17, 15) is 8.42 Å². The fourth-order valence-electron chi connectivity index (χ4n) is 1.67. The first-order valence-corrected chi connectivity index (χ1v) is 7.90. The fraction of sp³-hybridized carbons (Fsp3) is 0.333.